The topological polar surface area (TPSA) is 49.4 Å². The first-order valence-electron chi connectivity index (χ1n) is 10.6. The van der Waals surface area contributed by atoms with Crippen molar-refractivity contribution in [3.63, 3.8) is 0 Å². The maximum atomic E-state index is 5.43. The van der Waals surface area contributed by atoms with Gasteiger partial charge in [-0.3, -0.25) is 20.7 Å². The first-order chi connectivity index (χ1) is 13.8. The van der Waals surface area contributed by atoms with Crippen LogP contribution in [0.3, 0.4) is 0 Å². The average Bonchev–Trinajstić information content (AvgIpc) is 3.25. The SMILES string of the molecule is CCc1ccc(CN2CCC(C3NNCC3c3cccc(OC)c3)CC2)nc1. The number of aryl methyl sites for hydroxylation is 1. The molecule has 5 nitrogen and oxygen atoms in total. The lowest BCUT2D eigenvalue weighted by molar-refractivity contribution is 0.150. The number of nitrogens with zero attached hydrogens (tertiary/aromatic N) is 2. The number of hydrogen-bond acceptors (Lipinski definition) is 5. The van der Waals surface area contributed by atoms with E-state index in [1.165, 1.54) is 29.7 Å². The lowest BCUT2D eigenvalue weighted by atomic mass is 9.80. The molecule has 2 aliphatic rings. The van der Waals surface area contributed by atoms with E-state index >= 15 is 0 Å². The van der Waals surface area contributed by atoms with Crippen LogP contribution in [0.4, 0.5) is 0 Å². The Morgan fingerprint density at radius 2 is 2.04 bits per heavy atom. The summed E-state index contributed by atoms with van der Waals surface area (Å²) >= 11 is 0. The summed E-state index contributed by atoms with van der Waals surface area (Å²) in [7, 11) is 1.74. The molecule has 2 N–H and O–H groups in total. The van der Waals surface area contributed by atoms with E-state index in [9.17, 15) is 0 Å². The van der Waals surface area contributed by atoms with Crippen LogP contribution >= 0.6 is 0 Å². The van der Waals surface area contributed by atoms with Gasteiger partial charge in [0.15, 0.2) is 0 Å². The van der Waals surface area contributed by atoms with Crippen molar-refractivity contribution in [3.05, 3.63) is 59.4 Å². The number of methoxy groups -OCH3 is 1. The van der Waals surface area contributed by atoms with Crippen LogP contribution in [0.15, 0.2) is 42.6 Å². The molecule has 28 heavy (non-hydrogen) atoms. The number of hydrazine groups is 1. The molecule has 0 saturated carbocycles. The Balaban J connectivity index is 1.34. The lowest BCUT2D eigenvalue weighted by Crippen LogP contribution is -2.44. The Kier molecular flexibility index (Phi) is 6.25. The largest absolute Gasteiger partial charge is 0.497 e. The van der Waals surface area contributed by atoms with Gasteiger partial charge in [0.25, 0.3) is 0 Å². The zero-order valence-electron chi connectivity index (χ0n) is 17.0. The fourth-order valence-corrected chi connectivity index (χ4v) is 4.62. The van der Waals surface area contributed by atoms with Crippen LogP contribution in [-0.4, -0.2) is 42.7 Å². The van der Waals surface area contributed by atoms with Gasteiger partial charge in [-0.15, -0.1) is 0 Å². The molecule has 0 amide bonds. The predicted octanol–water partition coefficient (Wildman–Crippen LogP) is 3.12. The first-order valence-corrected chi connectivity index (χ1v) is 10.6. The van der Waals surface area contributed by atoms with Crippen molar-refractivity contribution in [2.45, 2.75) is 44.7 Å². The molecular formula is C23H32N4O. The molecule has 1 aromatic carbocycles. The van der Waals surface area contributed by atoms with Gasteiger partial charge >= 0.3 is 0 Å². The summed E-state index contributed by atoms with van der Waals surface area (Å²) in [5.41, 5.74) is 10.8. The minimum Gasteiger partial charge on any atom is -0.497 e. The van der Waals surface area contributed by atoms with Crippen molar-refractivity contribution in [1.29, 1.82) is 0 Å². The van der Waals surface area contributed by atoms with Gasteiger partial charge in [-0.25, -0.2) is 0 Å². The normalized spacial score (nSPS) is 23.8. The number of hydrogen-bond donors (Lipinski definition) is 2. The van der Waals surface area contributed by atoms with Gasteiger partial charge in [0.2, 0.25) is 0 Å². The van der Waals surface area contributed by atoms with Crippen molar-refractivity contribution in [3.8, 4) is 5.75 Å². The monoisotopic (exact) mass is 380 g/mol. The number of benzene rings is 1. The molecule has 2 unspecified atom stereocenters. The van der Waals surface area contributed by atoms with Crippen LogP contribution < -0.4 is 15.6 Å². The molecule has 0 bridgehead atoms. The fraction of sp³-hybridized carbons (Fsp3) is 0.522. The van der Waals surface area contributed by atoms with Gasteiger partial charge in [-0.2, -0.15) is 0 Å². The molecular weight excluding hydrogens is 348 g/mol. The van der Waals surface area contributed by atoms with Gasteiger partial charge in [-0.1, -0.05) is 25.1 Å². The standard InChI is InChI=1S/C23H32N4O/c1-3-17-7-8-20(24-14-17)16-27-11-9-18(10-12-27)23-22(15-25-26-23)19-5-4-6-21(13-19)28-2/h4-8,13-14,18,22-23,25-26H,3,9-12,15-16H2,1-2H3. The highest BCUT2D eigenvalue weighted by Gasteiger charge is 2.36. The van der Waals surface area contributed by atoms with E-state index in [-0.39, 0.29) is 0 Å². The van der Waals surface area contributed by atoms with Gasteiger partial charge in [-0.05, 0) is 67.6 Å². The highest BCUT2D eigenvalue weighted by atomic mass is 16.5. The Hall–Kier alpha value is -1.95. The van der Waals surface area contributed by atoms with E-state index in [4.69, 9.17) is 4.74 Å². The second kappa shape index (κ2) is 9.03. The van der Waals surface area contributed by atoms with Crippen LogP contribution in [0.5, 0.6) is 5.75 Å². The van der Waals surface area contributed by atoms with Gasteiger partial charge in [0.05, 0.1) is 12.8 Å². The van der Waals surface area contributed by atoms with Crippen LogP contribution in [0.25, 0.3) is 0 Å². The van der Waals surface area contributed by atoms with E-state index in [0.717, 1.165) is 38.3 Å². The zero-order chi connectivity index (χ0) is 19.3. The van der Waals surface area contributed by atoms with E-state index < -0.39 is 0 Å². The Bertz CT molecular complexity index is 755. The highest BCUT2D eigenvalue weighted by molar-refractivity contribution is 5.32. The number of ether oxygens (including phenoxy) is 1. The highest BCUT2D eigenvalue weighted by Crippen LogP contribution is 2.33. The fourth-order valence-electron chi connectivity index (χ4n) is 4.62. The van der Waals surface area contributed by atoms with Crippen LogP contribution in [-0.2, 0) is 13.0 Å². The van der Waals surface area contributed by atoms with Gasteiger partial charge < -0.3 is 4.74 Å². The minimum absolute atomic E-state index is 0.483. The third-order valence-corrected chi connectivity index (χ3v) is 6.37. The summed E-state index contributed by atoms with van der Waals surface area (Å²) in [5.74, 6) is 2.13. The molecule has 2 atom stereocenters. The Morgan fingerprint density at radius 3 is 2.75 bits per heavy atom. The van der Waals surface area contributed by atoms with Crippen LogP contribution in [0.1, 0.15) is 42.5 Å². The minimum atomic E-state index is 0.483. The van der Waals surface area contributed by atoms with Crippen molar-refractivity contribution in [2.75, 3.05) is 26.7 Å². The van der Waals surface area contributed by atoms with Crippen molar-refractivity contribution < 1.29 is 4.74 Å². The van der Waals surface area contributed by atoms with E-state index in [1.54, 1.807) is 7.11 Å². The summed E-state index contributed by atoms with van der Waals surface area (Å²) in [6.07, 6.45) is 5.53. The molecule has 0 spiro atoms. The van der Waals surface area contributed by atoms with Gasteiger partial charge in [0, 0.05) is 31.2 Å². The van der Waals surface area contributed by atoms with Crippen molar-refractivity contribution in [2.24, 2.45) is 5.92 Å². The third kappa shape index (κ3) is 4.37. The predicted molar refractivity (Wildman–Crippen MR) is 112 cm³/mol. The van der Waals surface area contributed by atoms with Crippen molar-refractivity contribution in [1.82, 2.24) is 20.7 Å². The summed E-state index contributed by atoms with van der Waals surface area (Å²) < 4.78 is 5.43. The number of rotatable bonds is 6. The molecule has 5 heteroatoms. The molecule has 2 fully saturated rings. The zero-order valence-corrected chi connectivity index (χ0v) is 17.0. The molecule has 2 aromatic rings. The molecule has 0 aliphatic carbocycles. The molecule has 4 rings (SSSR count). The summed E-state index contributed by atoms with van der Waals surface area (Å²) in [4.78, 5) is 7.18. The molecule has 3 heterocycles. The molecule has 0 radical (unpaired) electrons. The van der Waals surface area contributed by atoms with Crippen LogP contribution in [0, 0.1) is 5.92 Å². The summed E-state index contributed by atoms with van der Waals surface area (Å²) in [5, 5.41) is 0. The second-order valence-electron chi connectivity index (χ2n) is 8.06. The summed E-state index contributed by atoms with van der Waals surface area (Å²) in [6.45, 7) is 6.40. The lowest BCUT2D eigenvalue weighted by Gasteiger charge is -2.36. The maximum Gasteiger partial charge on any atom is 0.119 e. The molecule has 150 valence electrons. The second-order valence-corrected chi connectivity index (χ2v) is 8.06. The maximum absolute atomic E-state index is 5.43. The number of likely N-dealkylation sites (tertiary alicyclic amines) is 1. The smallest absolute Gasteiger partial charge is 0.119 e. The number of nitrogens with one attached hydrogen (secondary N) is 2. The number of aromatic nitrogens is 1. The van der Waals surface area contributed by atoms with Crippen LogP contribution in [0.2, 0.25) is 0 Å². The van der Waals surface area contributed by atoms with Crippen molar-refractivity contribution >= 4 is 0 Å². The average molecular weight is 381 g/mol. The molecule has 2 saturated heterocycles. The van der Waals surface area contributed by atoms with E-state index in [0.29, 0.717) is 17.9 Å². The quantitative estimate of drug-likeness (QED) is 0.806. The summed E-state index contributed by atoms with van der Waals surface area (Å²) in [6, 6.07) is 13.4. The Labute approximate surface area is 168 Å². The Morgan fingerprint density at radius 1 is 1.18 bits per heavy atom. The molecule has 2 aliphatic heterocycles. The van der Waals surface area contributed by atoms with E-state index in [1.807, 2.05) is 12.3 Å². The number of piperidine rings is 1. The molecule has 1 aromatic heterocycles. The first kappa shape index (κ1) is 19.4. The van der Waals surface area contributed by atoms with E-state index in [2.05, 4.69) is 58.0 Å². The third-order valence-electron chi connectivity index (χ3n) is 6.37. The number of pyridine rings is 1. The van der Waals surface area contributed by atoms with Gasteiger partial charge in [0.1, 0.15) is 5.75 Å².